The summed E-state index contributed by atoms with van der Waals surface area (Å²) in [6.07, 6.45) is 7.54. The van der Waals surface area contributed by atoms with E-state index < -0.39 is 35.1 Å². The lowest BCUT2D eigenvalue weighted by atomic mass is 9.74. The molecular weight excluding hydrogens is 568 g/mol. The highest BCUT2D eigenvalue weighted by atomic mass is 16.5. The van der Waals surface area contributed by atoms with Crippen LogP contribution in [0.15, 0.2) is 78.9 Å². The molecule has 2 fully saturated rings. The molecule has 0 bridgehead atoms. The molecule has 0 radical (unpaired) electrons. The lowest BCUT2D eigenvalue weighted by Crippen LogP contribution is -2.59. The van der Waals surface area contributed by atoms with E-state index in [1.165, 1.54) is 0 Å². The maximum atomic E-state index is 14.8. The molecule has 0 saturated carbocycles. The Morgan fingerprint density at radius 1 is 0.844 bits per heavy atom. The van der Waals surface area contributed by atoms with Crippen LogP contribution in [0.4, 0.5) is 17.1 Å². The van der Waals surface area contributed by atoms with Gasteiger partial charge in [-0.15, -0.1) is 0 Å². The minimum Gasteiger partial charge on any atom is -0.394 e. The summed E-state index contributed by atoms with van der Waals surface area (Å²) in [5.74, 6) is -2.82. The van der Waals surface area contributed by atoms with E-state index in [1.807, 2.05) is 99.7 Å². The van der Waals surface area contributed by atoms with Gasteiger partial charge in [-0.2, -0.15) is 0 Å². The fraction of sp³-hybridized carbons (Fsp3) is 0.472. The van der Waals surface area contributed by atoms with Crippen molar-refractivity contribution in [1.82, 2.24) is 4.90 Å². The Morgan fingerprint density at radius 3 is 2.04 bits per heavy atom. The number of benzene rings is 2. The minimum absolute atomic E-state index is 0.145. The molecule has 4 heterocycles. The monoisotopic (exact) mass is 612 g/mol. The fourth-order valence-electron chi connectivity index (χ4n) is 7.94. The van der Waals surface area contributed by atoms with Crippen LogP contribution in [0.2, 0.25) is 0 Å². The van der Waals surface area contributed by atoms with E-state index >= 15 is 0 Å². The Hall–Kier alpha value is -3.95. The van der Waals surface area contributed by atoms with Crippen LogP contribution in [0.5, 0.6) is 0 Å². The van der Waals surface area contributed by atoms with Gasteiger partial charge in [0, 0.05) is 43.2 Å². The van der Waals surface area contributed by atoms with Crippen LogP contribution in [-0.2, 0) is 19.1 Å². The first-order valence-corrected chi connectivity index (χ1v) is 16.1. The first-order valence-electron chi connectivity index (χ1n) is 16.1. The second-order valence-corrected chi connectivity index (χ2v) is 13.0. The number of carbonyl (C=O) groups excluding carboxylic acids is 3. The normalized spacial score (nSPS) is 29.9. The van der Waals surface area contributed by atoms with Gasteiger partial charge in [0.05, 0.1) is 30.1 Å². The van der Waals surface area contributed by atoms with Crippen LogP contribution in [0.1, 0.15) is 34.6 Å². The van der Waals surface area contributed by atoms with Gasteiger partial charge in [0.1, 0.15) is 11.6 Å². The van der Waals surface area contributed by atoms with Crippen molar-refractivity contribution >= 4 is 34.8 Å². The molecule has 0 aliphatic carbocycles. The number of fused-ring (bicyclic) bond motifs is 2. The van der Waals surface area contributed by atoms with Crippen LogP contribution in [0, 0.1) is 17.8 Å². The van der Waals surface area contributed by atoms with Crippen molar-refractivity contribution in [2.24, 2.45) is 17.8 Å². The summed E-state index contributed by atoms with van der Waals surface area (Å²) in [6.45, 7) is 12.0. The summed E-state index contributed by atoms with van der Waals surface area (Å²) in [6, 6.07) is 15.6. The molecule has 9 heteroatoms. The van der Waals surface area contributed by atoms with E-state index in [9.17, 15) is 19.5 Å². The molecule has 2 saturated heterocycles. The number of para-hydroxylation sites is 1. The largest absolute Gasteiger partial charge is 0.394 e. The van der Waals surface area contributed by atoms with Gasteiger partial charge in [0.25, 0.3) is 5.91 Å². The quantitative estimate of drug-likeness (QED) is 0.453. The van der Waals surface area contributed by atoms with Crippen LogP contribution in [0.25, 0.3) is 0 Å². The number of hydrogen-bond acceptors (Lipinski definition) is 6. The van der Waals surface area contributed by atoms with Gasteiger partial charge in [0.15, 0.2) is 0 Å². The molecule has 2 aromatic carbocycles. The van der Waals surface area contributed by atoms with Crippen molar-refractivity contribution in [3.8, 4) is 0 Å². The molecule has 4 aliphatic rings. The Bertz CT molecular complexity index is 1500. The molecule has 3 amide bonds. The molecule has 1 N–H and O–H groups in total. The molecule has 6 atom stereocenters. The first kappa shape index (κ1) is 31.0. The first-order chi connectivity index (χ1) is 21.6. The average molecular weight is 613 g/mol. The number of ether oxygens (including phenoxy) is 1. The number of hydrogen-bond donors (Lipinski definition) is 1. The molecule has 0 aromatic heterocycles. The van der Waals surface area contributed by atoms with E-state index in [-0.39, 0.29) is 36.8 Å². The van der Waals surface area contributed by atoms with Crippen molar-refractivity contribution in [3.63, 3.8) is 0 Å². The predicted octanol–water partition coefficient (Wildman–Crippen LogP) is 4.03. The SMILES string of the molecule is CCN(CC)c1ccc(N2CC=C[C@]34O[C@@]5(C)C=CCN(c6ccccc6)C(=O)[C@H]5[C@H]3C(=O)N([C@@H](CO)C(C)C)C4C2=O)cc1. The lowest BCUT2D eigenvalue weighted by molar-refractivity contribution is -0.149. The molecule has 1 unspecified atom stereocenters. The topological polar surface area (TPSA) is 93.6 Å². The van der Waals surface area contributed by atoms with Gasteiger partial charge < -0.3 is 29.4 Å². The molecule has 45 heavy (non-hydrogen) atoms. The van der Waals surface area contributed by atoms with Crippen molar-refractivity contribution in [3.05, 3.63) is 78.9 Å². The van der Waals surface area contributed by atoms with Crippen molar-refractivity contribution in [2.75, 3.05) is 47.5 Å². The minimum atomic E-state index is -1.40. The standard InChI is InChI=1S/C36H44N4O5/c1-6-37(7-2)25-15-17-27(18-16-25)39-22-12-20-36-30(33(43)40(31(36)34(39)44)28(23-41)24(3)4)29-32(42)38(26-13-9-8-10-14-26)21-11-19-35(29,5)45-36/h8-20,24,28-31,41H,6-7,21-23H2,1-5H3/t28-,29+,30-,31?,35-,36-/m0/s1. The maximum absolute atomic E-state index is 14.8. The van der Waals surface area contributed by atoms with Gasteiger partial charge in [-0.05, 0) is 63.1 Å². The van der Waals surface area contributed by atoms with Crippen LogP contribution >= 0.6 is 0 Å². The van der Waals surface area contributed by atoms with Gasteiger partial charge in [-0.25, -0.2) is 0 Å². The molecule has 238 valence electrons. The lowest BCUT2D eigenvalue weighted by Gasteiger charge is -2.41. The number of nitrogens with zero attached hydrogens (tertiary/aromatic N) is 4. The Labute approximate surface area is 265 Å². The zero-order valence-corrected chi connectivity index (χ0v) is 26.8. The third kappa shape index (κ3) is 4.79. The van der Waals surface area contributed by atoms with Crippen LogP contribution in [0.3, 0.4) is 0 Å². The van der Waals surface area contributed by atoms with Gasteiger partial charge >= 0.3 is 0 Å². The van der Waals surface area contributed by atoms with Crippen molar-refractivity contribution in [2.45, 2.75) is 57.9 Å². The highest BCUT2D eigenvalue weighted by Gasteiger charge is 2.75. The molecule has 1 spiro atoms. The van der Waals surface area contributed by atoms with E-state index in [1.54, 1.807) is 14.7 Å². The summed E-state index contributed by atoms with van der Waals surface area (Å²) in [5.41, 5.74) is -0.00726. The van der Waals surface area contributed by atoms with Gasteiger partial charge in [-0.1, -0.05) is 56.4 Å². The number of aliphatic hydroxyl groups excluding tert-OH is 1. The van der Waals surface area contributed by atoms with Crippen LogP contribution in [-0.4, -0.2) is 83.8 Å². The fourth-order valence-corrected chi connectivity index (χ4v) is 7.94. The molecule has 4 aliphatic heterocycles. The number of aliphatic hydroxyl groups is 1. The average Bonchev–Trinajstić information content (AvgIpc) is 3.30. The second kappa shape index (κ2) is 11.8. The Kier molecular flexibility index (Phi) is 8.12. The van der Waals surface area contributed by atoms with Crippen molar-refractivity contribution in [1.29, 1.82) is 0 Å². The number of anilines is 3. The highest BCUT2D eigenvalue weighted by Crippen LogP contribution is 2.58. The zero-order valence-electron chi connectivity index (χ0n) is 26.8. The number of carbonyl (C=O) groups is 3. The number of amides is 3. The third-order valence-electron chi connectivity index (χ3n) is 10.2. The van der Waals surface area contributed by atoms with E-state index in [0.29, 0.717) is 12.2 Å². The predicted molar refractivity (Wildman–Crippen MR) is 175 cm³/mol. The molecule has 2 aromatic rings. The van der Waals surface area contributed by atoms with E-state index in [0.717, 1.165) is 24.5 Å². The Morgan fingerprint density at radius 2 is 1.44 bits per heavy atom. The van der Waals surface area contributed by atoms with Gasteiger partial charge in [0.2, 0.25) is 11.8 Å². The Balaban J connectivity index is 1.46. The third-order valence-corrected chi connectivity index (χ3v) is 10.2. The summed E-state index contributed by atoms with van der Waals surface area (Å²) in [5, 5.41) is 10.6. The van der Waals surface area contributed by atoms with E-state index in [4.69, 9.17) is 4.74 Å². The van der Waals surface area contributed by atoms with Gasteiger partial charge in [-0.3, -0.25) is 14.4 Å². The highest BCUT2D eigenvalue weighted by molar-refractivity contribution is 6.07. The van der Waals surface area contributed by atoms with E-state index in [2.05, 4.69) is 18.7 Å². The number of rotatable bonds is 8. The summed E-state index contributed by atoms with van der Waals surface area (Å²) in [4.78, 5) is 51.3. The second-order valence-electron chi connectivity index (χ2n) is 13.0. The smallest absolute Gasteiger partial charge is 0.253 e. The molecular formula is C36H44N4O5. The summed E-state index contributed by atoms with van der Waals surface area (Å²) in [7, 11) is 0. The zero-order chi connectivity index (χ0) is 32.1. The summed E-state index contributed by atoms with van der Waals surface area (Å²) >= 11 is 0. The summed E-state index contributed by atoms with van der Waals surface area (Å²) < 4.78 is 6.97. The molecule has 9 nitrogen and oxygen atoms in total. The number of likely N-dealkylation sites (tertiary alicyclic amines) is 1. The van der Waals surface area contributed by atoms with Crippen molar-refractivity contribution < 1.29 is 24.2 Å². The van der Waals surface area contributed by atoms with Crippen LogP contribution < -0.4 is 14.7 Å². The maximum Gasteiger partial charge on any atom is 0.253 e. The molecule has 6 rings (SSSR count).